The Kier molecular flexibility index (Phi) is 5.32. The van der Waals surface area contributed by atoms with Crippen LogP contribution in [0.25, 0.3) is 11.0 Å². The molecule has 0 saturated carbocycles. The number of amides is 1. The van der Waals surface area contributed by atoms with Crippen LogP contribution in [0.1, 0.15) is 30.2 Å². The van der Waals surface area contributed by atoms with E-state index in [1.807, 2.05) is 35.2 Å². The fourth-order valence-corrected chi connectivity index (χ4v) is 4.51. The number of nitrogens with one attached hydrogen (secondary N) is 1. The molecule has 0 radical (unpaired) electrons. The Bertz CT molecular complexity index is 852. The van der Waals surface area contributed by atoms with Crippen LogP contribution in [0.2, 0.25) is 0 Å². The van der Waals surface area contributed by atoms with Crippen molar-refractivity contribution >= 4 is 28.3 Å². The van der Waals surface area contributed by atoms with Gasteiger partial charge in [-0.3, -0.25) is 9.69 Å². The molecule has 136 valence electrons. The van der Waals surface area contributed by atoms with E-state index < -0.39 is 0 Å². The molecule has 0 aliphatic carbocycles. The van der Waals surface area contributed by atoms with Crippen LogP contribution in [0, 0.1) is 0 Å². The first-order valence-electron chi connectivity index (χ1n) is 9.25. The molecular weight excluding hydrogens is 344 g/mol. The molecule has 5 nitrogen and oxygen atoms in total. The zero-order valence-electron chi connectivity index (χ0n) is 14.8. The fraction of sp³-hybridized carbons (Fsp3) is 0.400. The van der Waals surface area contributed by atoms with Crippen molar-refractivity contribution in [3.63, 3.8) is 0 Å². The van der Waals surface area contributed by atoms with Crippen molar-refractivity contribution in [1.29, 1.82) is 0 Å². The molecule has 26 heavy (non-hydrogen) atoms. The van der Waals surface area contributed by atoms with Crippen molar-refractivity contribution in [2.45, 2.75) is 31.8 Å². The first kappa shape index (κ1) is 17.2. The molecule has 1 N–H and O–H groups in total. The van der Waals surface area contributed by atoms with Gasteiger partial charge in [0.15, 0.2) is 0 Å². The highest BCUT2D eigenvalue weighted by Gasteiger charge is 2.24. The minimum Gasteiger partial charge on any atom is -0.354 e. The predicted molar refractivity (Wildman–Crippen MR) is 105 cm³/mol. The van der Waals surface area contributed by atoms with Crippen molar-refractivity contribution < 1.29 is 4.79 Å². The van der Waals surface area contributed by atoms with Crippen molar-refractivity contribution in [1.82, 2.24) is 19.8 Å². The van der Waals surface area contributed by atoms with Crippen molar-refractivity contribution in [3.8, 4) is 0 Å². The Balaban J connectivity index is 1.33. The van der Waals surface area contributed by atoms with E-state index in [9.17, 15) is 4.79 Å². The second-order valence-corrected chi connectivity index (χ2v) is 7.73. The number of carbonyl (C=O) groups is 1. The number of rotatable bonds is 7. The third-order valence-corrected chi connectivity index (χ3v) is 6.03. The number of likely N-dealkylation sites (tertiary alicyclic amines) is 1. The number of aryl methyl sites for hydroxylation is 1. The van der Waals surface area contributed by atoms with E-state index in [0.29, 0.717) is 25.6 Å². The summed E-state index contributed by atoms with van der Waals surface area (Å²) in [6, 6.07) is 12.6. The summed E-state index contributed by atoms with van der Waals surface area (Å²) in [5, 5.41) is 5.27. The Labute approximate surface area is 157 Å². The summed E-state index contributed by atoms with van der Waals surface area (Å²) in [6.45, 7) is 3.59. The quantitative estimate of drug-likeness (QED) is 0.695. The molecule has 1 atom stereocenters. The summed E-state index contributed by atoms with van der Waals surface area (Å²) in [5.41, 5.74) is 2.05. The Hall–Kier alpha value is -2.18. The van der Waals surface area contributed by atoms with Gasteiger partial charge >= 0.3 is 0 Å². The molecule has 3 heterocycles. The molecule has 1 fully saturated rings. The predicted octanol–water partition coefficient (Wildman–Crippen LogP) is 3.44. The number of thiophene rings is 1. The molecule has 2 aromatic heterocycles. The molecule has 1 aromatic carbocycles. The van der Waals surface area contributed by atoms with Gasteiger partial charge in [-0.2, -0.15) is 0 Å². The highest BCUT2D eigenvalue weighted by molar-refractivity contribution is 7.10. The van der Waals surface area contributed by atoms with Gasteiger partial charge in [-0.05, 0) is 49.5 Å². The normalized spacial score (nSPS) is 16.2. The third kappa shape index (κ3) is 3.81. The zero-order chi connectivity index (χ0) is 17.8. The lowest BCUT2D eigenvalue weighted by Crippen LogP contribution is -2.36. The van der Waals surface area contributed by atoms with Gasteiger partial charge in [-0.25, -0.2) is 4.98 Å². The average molecular weight is 369 g/mol. The van der Waals surface area contributed by atoms with E-state index in [2.05, 4.69) is 32.7 Å². The Morgan fingerprint density at radius 1 is 1.19 bits per heavy atom. The van der Waals surface area contributed by atoms with Crippen molar-refractivity contribution in [2.24, 2.45) is 0 Å². The first-order valence-corrected chi connectivity index (χ1v) is 10.1. The molecule has 1 aliphatic heterocycles. The van der Waals surface area contributed by atoms with E-state index in [1.54, 1.807) is 11.3 Å². The number of nitrogens with zero attached hydrogens (tertiary/aromatic N) is 3. The van der Waals surface area contributed by atoms with Crippen LogP contribution in [0.15, 0.2) is 48.1 Å². The molecule has 1 aliphatic rings. The number of fused-ring (bicyclic) bond motifs is 1. The van der Waals surface area contributed by atoms with E-state index in [0.717, 1.165) is 24.1 Å². The second kappa shape index (κ2) is 8.01. The molecule has 6 heteroatoms. The minimum absolute atomic E-state index is 0.100. The summed E-state index contributed by atoms with van der Waals surface area (Å²) in [7, 11) is 0. The minimum atomic E-state index is 0.100. The number of carbonyl (C=O) groups excluding carboxylic acids is 1. The number of imidazole rings is 1. The van der Waals surface area contributed by atoms with Crippen LogP contribution in [0.5, 0.6) is 0 Å². The summed E-state index contributed by atoms with van der Waals surface area (Å²) in [4.78, 5) is 20.6. The number of hydrogen-bond donors (Lipinski definition) is 1. The van der Waals surface area contributed by atoms with Gasteiger partial charge in [-0.1, -0.05) is 18.2 Å². The molecule has 1 saturated heterocycles. The van der Waals surface area contributed by atoms with E-state index in [-0.39, 0.29) is 5.91 Å². The van der Waals surface area contributed by atoms with Gasteiger partial charge in [0.2, 0.25) is 5.91 Å². The molecule has 1 amide bonds. The highest BCUT2D eigenvalue weighted by Crippen LogP contribution is 2.27. The summed E-state index contributed by atoms with van der Waals surface area (Å²) in [6.07, 6.45) is 4.79. The summed E-state index contributed by atoms with van der Waals surface area (Å²) >= 11 is 1.78. The second-order valence-electron chi connectivity index (χ2n) is 6.76. The van der Waals surface area contributed by atoms with Crippen LogP contribution in [-0.4, -0.2) is 40.0 Å². The van der Waals surface area contributed by atoms with Crippen molar-refractivity contribution in [2.75, 3.05) is 19.6 Å². The lowest BCUT2D eigenvalue weighted by Gasteiger charge is -2.27. The number of hydrogen-bond acceptors (Lipinski definition) is 4. The van der Waals surface area contributed by atoms with Crippen molar-refractivity contribution in [3.05, 3.63) is 53.0 Å². The summed E-state index contributed by atoms with van der Waals surface area (Å²) in [5.74, 6) is 0.100. The van der Waals surface area contributed by atoms with E-state index >= 15 is 0 Å². The van der Waals surface area contributed by atoms with Gasteiger partial charge in [-0.15, -0.1) is 11.3 Å². The monoisotopic (exact) mass is 368 g/mol. The largest absolute Gasteiger partial charge is 0.354 e. The molecule has 4 rings (SSSR count). The van der Waals surface area contributed by atoms with Gasteiger partial charge in [0, 0.05) is 24.4 Å². The smallest absolute Gasteiger partial charge is 0.221 e. The molecule has 3 aromatic rings. The number of aromatic nitrogens is 2. The number of benzene rings is 1. The van der Waals surface area contributed by atoms with Crippen LogP contribution >= 0.6 is 11.3 Å². The zero-order valence-corrected chi connectivity index (χ0v) is 15.6. The maximum Gasteiger partial charge on any atom is 0.221 e. The Morgan fingerprint density at radius 2 is 2.04 bits per heavy atom. The van der Waals surface area contributed by atoms with Crippen LogP contribution in [0.3, 0.4) is 0 Å². The van der Waals surface area contributed by atoms with E-state index in [4.69, 9.17) is 0 Å². The van der Waals surface area contributed by atoms with Gasteiger partial charge in [0.05, 0.1) is 23.4 Å². The molecule has 1 unspecified atom stereocenters. The molecule has 0 spiro atoms. The van der Waals surface area contributed by atoms with Crippen LogP contribution in [-0.2, 0) is 11.3 Å². The molecular formula is C20H24N4OS. The molecule has 0 bridgehead atoms. The standard InChI is InChI=1S/C20H24N4OS/c25-20(9-12-24-15-22-16-6-1-2-7-17(16)24)21-14-18(19-8-5-13-26-19)23-10-3-4-11-23/h1-2,5-8,13,15,18H,3-4,9-12,14H2,(H,21,25). The maximum absolute atomic E-state index is 12.4. The number of para-hydroxylation sites is 2. The SMILES string of the molecule is O=C(CCn1cnc2ccccc21)NCC(c1cccs1)N1CCCC1. The highest BCUT2D eigenvalue weighted by atomic mass is 32.1. The van der Waals surface area contributed by atoms with Gasteiger partial charge in [0.1, 0.15) is 0 Å². The third-order valence-electron chi connectivity index (χ3n) is 5.05. The summed E-state index contributed by atoms with van der Waals surface area (Å²) < 4.78 is 2.05. The fourth-order valence-electron chi connectivity index (χ4n) is 3.65. The average Bonchev–Trinajstić information content (AvgIpc) is 3.42. The maximum atomic E-state index is 12.4. The van der Waals surface area contributed by atoms with Gasteiger partial charge < -0.3 is 9.88 Å². The lowest BCUT2D eigenvalue weighted by molar-refractivity contribution is -0.121. The van der Waals surface area contributed by atoms with Crippen LogP contribution < -0.4 is 5.32 Å². The van der Waals surface area contributed by atoms with Gasteiger partial charge in [0.25, 0.3) is 0 Å². The van der Waals surface area contributed by atoms with Crippen LogP contribution in [0.4, 0.5) is 0 Å². The first-order chi connectivity index (χ1) is 12.8. The Morgan fingerprint density at radius 3 is 2.85 bits per heavy atom. The lowest BCUT2D eigenvalue weighted by atomic mass is 10.2. The topological polar surface area (TPSA) is 50.2 Å². The van der Waals surface area contributed by atoms with E-state index in [1.165, 1.54) is 17.7 Å².